The fraction of sp³-hybridized carbons (Fsp3) is 0.417. The summed E-state index contributed by atoms with van der Waals surface area (Å²) in [6.45, 7) is 5.10. The Morgan fingerprint density at radius 3 is 2.29 bits per heavy atom. The highest BCUT2D eigenvalue weighted by Crippen LogP contribution is 2.23. The van der Waals surface area contributed by atoms with Crippen LogP contribution in [-0.4, -0.2) is 57.1 Å². The Labute approximate surface area is 206 Å². The zero-order valence-corrected chi connectivity index (χ0v) is 21.7. The van der Waals surface area contributed by atoms with Gasteiger partial charge in [0.15, 0.2) is 0 Å². The summed E-state index contributed by atoms with van der Waals surface area (Å²) in [5.41, 5.74) is 1.04. The van der Waals surface area contributed by atoms with E-state index in [2.05, 4.69) is 5.32 Å². The molecule has 0 spiro atoms. The van der Waals surface area contributed by atoms with Gasteiger partial charge >= 0.3 is 0 Å². The van der Waals surface area contributed by atoms with Gasteiger partial charge in [-0.2, -0.15) is 0 Å². The van der Waals surface area contributed by atoms with Crippen LogP contribution in [0.3, 0.4) is 0 Å². The quantitative estimate of drug-likeness (QED) is 0.500. The number of carbonyl (C=O) groups is 2. The van der Waals surface area contributed by atoms with Crippen molar-refractivity contribution in [2.24, 2.45) is 0 Å². The Morgan fingerprint density at radius 1 is 1.12 bits per heavy atom. The molecule has 186 valence electrons. The van der Waals surface area contributed by atoms with Gasteiger partial charge in [-0.1, -0.05) is 36.7 Å². The first-order valence-corrected chi connectivity index (χ1v) is 13.1. The molecule has 2 aromatic rings. The number of nitrogens with one attached hydrogen (secondary N) is 1. The van der Waals surface area contributed by atoms with Gasteiger partial charge in [-0.25, -0.2) is 8.42 Å². The lowest BCUT2D eigenvalue weighted by atomic mass is 10.1. The van der Waals surface area contributed by atoms with Crippen LogP contribution in [0.2, 0.25) is 5.02 Å². The van der Waals surface area contributed by atoms with Crippen LogP contribution in [0, 0.1) is 0 Å². The summed E-state index contributed by atoms with van der Waals surface area (Å²) < 4.78 is 31.2. The molecule has 2 unspecified atom stereocenters. The lowest BCUT2D eigenvalue weighted by molar-refractivity contribution is -0.139. The third kappa shape index (κ3) is 7.63. The van der Waals surface area contributed by atoms with Crippen LogP contribution in [0.25, 0.3) is 0 Å². The summed E-state index contributed by atoms with van der Waals surface area (Å²) in [5, 5.41) is 3.23. The minimum atomic E-state index is -3.80. The predicted molar refractivity (Wildman–Crippen MR) is 135 cm³/mol. The smallest absolute Gasteiger partial charge is 0.244 e. The van der Waals surface area contributed by atoms with Crippen molar-refractivity contribution >= 4 is 39.1 Å². The number of hydrogen-bond acceptors (Lipinski definition) is 5. The van der Waals surface area contributed by atoms with Crippen molar-refractivity contribution in [1.29, 1.82) is 0 Å². The van der Waals surface area contributed by atoms with E-state index in [9.17, 15) is 18.0 Å². The van der Waals surface area contributed by atoms with E-state index in [0.29, 0.717) is 10.8 Å². The maximum atomic E-state index is 13.5. The van der Waals surface area contributed by atoms with E-state index in [0.717, 1.165) is 22.5 Å². The minimum Gasteiger partial charge on any atom is -0.497 e. The number of benzene rings is 2. The summed E-state index contributed by atoms with van der Waals surface area (Å²) in [7, 11) is -2.25. The van der Waals surface area contributed by atoms with E-state index >= 15 is 0 Å². The number of anilines is 1. The van der Waals surface area contributed by atoms with E-state index in [4.69, 9.17) is 16.3 Å². The molecule has 0 heterocycles. The van der Waals surface area contributed by atoms with Crippen LogP contribution in [0.1, 0.15) is 32.8 Å². The molecule has 2 atom stereocenters. The number of carbonyl (C=O) groups excluding carboxylic acids is 2. The summed E-state index contributed by atoms with van der Waals surface area (Å²) in [6, 6.07) is 12.5. The molecular weight excluding hydrogens is 478 g/mol. The molecule has 2 rings (SSSR count). The summed E-state index contributed by atoms with van der Waals surface area (Å²) >= 11 is 6.04. The van der Waals surface area contributed by atoms with Crippen LogP contribution in [0.5, 0.6) is 5.75 Å². The van der Waals surface area contributed by atoms with Gasteiger partial charge in [-0.05, 0) is 56.2 Å². The lowest BCUT2D eigenvalue weighted by Crippen LogP contribution is -2.52. The summed E-state index contributed by atoms with van der Waals surface area (Å²) in [4.78, 5) is 27.7. The Kier molecular flexibility index (Phi) is 9.76. The van der Waals surface area contributed by atoms with Crippen LogP contribution >= 0.6 is 11.6 Å². The second kappa shape index (κ2) is 12.1. The summed E-state index contributed by atoms with van der Waals surface area (Å²) in [5.74, 6) is -0.175. The Balaban J connectivity index is 2.37. The van der Waals surface area contributed by atoms with Gasteiger partial charge in [0.2, 0.25) is 21.8 Å². The van der Waals surface area contributed by atoms with Gasteiger partial charge in [-0.3, -0.25) is 13.9 Å². The van der Waals surface area contributed by atoms with E-state index < -0.39 is 28.5 Å². The van der Waals surface area contributed by atoms with Gasteiger partial charge in [0.1, 0.15) is 18.3 Å². The monoisotopic (exact) mass is 509 g/mol. The van der Waals surface area contributed by atoms with E-state index in [1.165, 1.54) is 11.0 Å². The number of methoxy groups -OCH3 is 1. The molecule has 2 amide bonds. The molecule has 0 saturated heterocycles. The molecule has 2 aromatic carbocycles. The van der Waals surface area contributed by atoms with Crippen molar-refractivity contribution in [3.05, 3.63) is 59.1 Å². The number of halogens is 1. The second-order valence-electron chi connectivity index (χ2n) is 8.11. The molecule has 0 aliphatic carbocycles. The van der Waals surface area contributed by atoms with E-state index in [1.807, 2.05) is 13.8 Å². The average Bonchev–Trinajstić information content (AvgIpc) is 2.79. The number of nitrogens with zero attached hydrogens (tertiary/aromatic N) is 2. The number of sulfonamides is 1. The molecule has 0 aliphatic rings. The Bertz CT molecular complexity index is 1090. The fourth-order valence-corrected chi connectivity index (χ4v) is 4.25. The Hall–Kier alpha value is -2.78. The molecule has 8 nitrogen and oxygen atoms in total. The molecular formula is C24H32ClN3O5S. The minimum absolute atomic E-state index is 0.0631. The normalized spacial score (nSPS) is 13.0. The van der Waals surface area contributed by atoms with Crippen LogP contribution in [0.4, 0.5) is 5.69 Å². The fourth-order valence-electron chi connectivity index (χ4n) is 3.22. The van der Waals surface area contributed by atoms with Gasteiger partial charge in [0.25, 0.3) is 0 Å². The van der Waals surface area contributed by atoms with Crippen LogP contribution in [0.15, 0.2) is 48.5 Å². The standard InChI is InChI=1S/C24H32ClN3O5S/c1-6-17(2)26-24(30)18(3)27(15-19-10-12-22(33-4)13-11-19)23(29)16-28(34(5,31)32)21-9-7-8-20(25)14-21/h7-14,17-18H,6,15-16H2,1-5H3,(H,26,30). The van der Waals surface area contributed by atoms with Crippen molar-refractivity contribution < 1.29 is 22.7 Å². The van der Waals surface area contributed by atoms with Crippen LogP contribution in [-0.2, 0) is 26.2 Å². The average molecular weight is 510 g/mol. The first-order chi connectivity index (χ1) is 16.0. The highest BCUT2D eigenvalue weighted by molar-refractivity contribution is 7.92. The topological polar surface area (TPSA) is 96.0 Å². The van der Waals surface area contributed by atoms with Crippen molar-refractivity contribution in [3.8, 4) is 5.75 Å². The van der Waals surface area contributed by atoms with E-state index in [1.54, 1.807) is 56.5 Å². The molecule has 0 radical (unpaired) electrons. The first-order valence-electron chi connectivity index (χ1n) is 10.9. The van der Waals surface area contributed by atoms with Gasteiger partial charge in [0, 0.05) is 17.6 Å². The molecule has 1 N–H and O–H groups in total. The Morgan fingerprint density at radius 2 is 1.76 bits per heavy atom. The number of rotatable bonds is 11. The largest absolute Gasteiger partial charge is 0.497 e. The number of ether oxygens (including phenoxy) is 1. The molecule has 10 heteroatoms. The summed E-state index contributed by atoms with van der Waals surface area (Å²) in [6.07, 6.45) is 1.76. The highest BCUT2D eigenvalue weighted by Gasteiger charge is 2.30. The molecule has 0 aliphatic heterocycles. The molecule has 0 bridgehead atoms. The first kappa shape index (κ1) is 27.5. The second-order valence-corrected chi connectivity index (χ2v) is 10.5. The maximum absolute atomic E-state index is 13.5. The lowest BCUT2D eigenvalue weighted by Gasteiger charge is -2.32. The highest BCUT2D eigenvalue weighted by atomic mass is 35.5. The van der Waals surface area contributed by atoms with Gasteiger partial charge < -0.3 is 15.0 Å². The van der Waals surface area contributed by atoms with Gasteiger partial charge in [0.05, 0.1) is 19.1 Å². The molecule has 34 heavy (non-hydrogen) atoms. The number of amides is 2. The third-order valence-electron chi connectivity index (χ3n) is 5.46. The molecule has 0 aromatic heterocycles. The van der Waals surface area contributed by atoms with Crippen LogP contribution < -0.4 is 14.4 Å². The van der Waals surface area contributed by atoms with Crippen molar-refractivity contribution in [3.63, 3.8) is 0 Å². The predicted octanol–water partition coefficient (Wildman–Crippen LogP) is 3.45. The van der Waals surface area contributed by atoms with Crippen molar-refractivity contribution in [2.45, 2.75) is 45.8 Å². The third-order valence-corrected chi connectivity index (χ3v) is 6.83. The van der Waals surface area contributed by atoms with Crippen molar-refractivity contribution in [1.82, 2.24) is 10.2 Å². The SMILES string of the molecule is CCC(C)NC(=O)C(C)N(Cc1ccc(OC)cc1)C(=O)CN(c1cccc(Cl)c1)S(C)(=O)=O. The van der Waals surface area contributed by atoms with Gasteiger partial charge in [-0.15, -0.1) is 0 Å². The zero-order chi connectivity index (χ0) is 25.5. The maximum Gasteiger partial charge on any atom is 0.244 e. The van der Waals surface area contributed by atoms with E-state index in [-0.39, 0.29) is 24.2 Å². The molecule has 0 saturated carbocycles. The van der Waals surface area contributed by atoms with Crippen molar-refractivity contribution in [2.75, 3.05) is 24.2 Å². The zero-order valence-electron chi connectivity index (χ0n) is 20.1. The number of hydrogen-bond donors (Lipinski definition) is 1. The molecule has 0 fully saturated rings.